The smallest absolute Gasteiger partial charge is 0.273 e. The minimum Gasteiger partial charge on any atom is -0.618 e. The molecular formula is C15H9F2NO3. The van der Waals surface area contributed by atoms with Crippen LogP contribution in [0.4, 0.5) is 14.5 Å². The Bertz CT molecular complexity index is 800. The molecule has 0 fully saturated rings. The van der Waals surface area contributed by atoms with Crippen molar-refractivity contribution in [1.82, 2.24) is 0 Å². The van der Waals surface area contributed by atoms with Crippen LogP contribution in [0.5, 0.6) is 5.75 Å². The van der Waals surface area contributed by atoms with Crippen molar-refractivity contribution in [1.29, 1.82) is 0 Å². The summed E-state index contributed by atoms with van der Waals surface area (Å²) < 4.78 is 31.8. The number of halogens is 2. The Morgan fingerprint density at radius 2 is 1.90 bits per heavy atom. The lowest BCUT2D eigenvalue weighted by molar-refractivity contribution is -0.355. The molecule has 0 atom stereocenters. The minimum absolute atomic E-state index is 0.0205. The summed E-state index contributed by atoms with van der Waals surface area (Å²) in [6.07, 6.45) is 0. The lowest BCUT2D eigenvalue weighted by atomic mass is 10.0. The predicted molar refractivity (Wildman–Crippen MR) is 71.1 cm³/mol. The Balaban J connectivity index is 2.20. The van der Waals surface area contributed by atoms with Crippen LogP contribution in [-0.2, 0) is 0 Å². The van der Waals surface area contributed by atoms with Crippen molar-refractivity contribution in [2.45, 2.75) is 0 Å². The topological polar surface area (TPSA) is 52.4 Å². The number of carbonyl (C=O) groups is 1. The molecule has 106 valence electrons. The van der Waals surface area contributed by atoms with E-state index in [1.807, 2.05) is 0 Å². The van der Waals surface area contributed by atoms with Crippen LogP contribution in [0.1, 0.15) is 15.9 Å². The third kappa shape index (κ3) is 1.87. The van der Waals surface area contributed by atoms with E-state index in [0.717, 1.165) is 12.1 Å². The molecule has 3 rings (SSSR count). The number of hydrogen-bond donors (Lipinski definition) is 0. The van der Waals surface area contributed by atoms with E-state index in [1.54, 1.807) is 12.1 Å². The Kier molecular flexibility index (Phi) is 2.94. The minimum atomic E-state index is -1.12. The molecule has 4 nitrogen and oxygen atoms in total. The molecule has 21 heavy (non-hydrogen) atoms. The van der Waals surface area contributed by atoms with E-state index in [9.17, 15) is 18.8 Å². The third-order valence-corrected chi connectivity index (χ3v) is 3.28. The number of ether oxygens (including phenoxy) is 1. The summed E-state index contributed by atoms with van der Waals surface area (Å²) in [4.78, 5) is 12.4. The fourth-order valence-corrected chi connectivity index (χ4v) is 2.31. The monoisotopic (exact) mass is 289 g/mol. The molecule has 1 heterocycles. The van der Waals surface area contributed by atoms with Crippen molar-refractivity contribution in [3.05, 3.63) is 64.4 Å². The van der Waals surface area contributed by atoms with Crippen LogP contribution in [0.25, 0.3) is 0 Å². The summed E-state index contributed by atoms with van der Waals surface area (Å²) in [5.74, 6) is -2.49. The Morgan fingerprint density at radius 3 is 2.57 bits per heavy atom. The van der Waals surface area contributed by atoms with Crippen molar-refractivity contribution < 1.29 is 23.1 Å². The molecule has 0 saturated heterocycles. The average molecular weight is 289 g/mol. The first-order valence-electron chi connectivity index (χ1n) is 6.06. The van der Waals surface area contributed by atoms with Gasteiger partial charge in [0.2, 0.25) is 5.69 Å². The number of methoxy groups -OCH3 is 1. The molecule has 6 heteroatoms. The molecule has 1 aliphatic rings. The molecule has 0 aliphatic carbocycles. The van der Waals surface area contributed by atoms with Gasteiger partial charge >= 0.3 is 0 Å². The van der Waals surface area contributed by atoms with Crippen LogP contribution in [0.3, 0.4) is 0 Å². The molecule has 0 unspecified atom stereocenters. The van der Waals surface area contributed by atoms with Crippen molar-refractivity contribution in [2.24, 2.45) is 0 Å². The molecule has 0 aromatic heterocycles. The van der Waals surface area contributed by atoms with E-state index < -0.39 is 17.4 Å². The summed E-state index contributed by atoms with van der Waals surface area (Å²) in [6, 6.07) is 7.48. The first kappa shape index (κ1) is 13.2. The van der Waals surface area contributed by atoms with E-state index in [2.05, 4.69) is 0 Å². The van der Waals surface area contributed by atoms with Crippen LogP contribution in [0.15, 0.2) is 36.4 Å². The summed E-state index contributed by atoms with van der Waals surface area (Å²) in [5, 5.41) is 12.3. The van der Waals surface area contributed by atoms with Crippen molar-refractivity contribution in [3.8, 4) is 5.75 Å². The fourth-order valence-electron chi connectivity index (χ4n) is 2.31. The Hall–Kier alpha value is -2.76. The van der Waals surface area contributed by atoms with E-state index in [0.29, 0.717) is 4.74 Å². The zero-order valence-corrected chi connectivity index (χ0v) is 10.9. The van der Waals surface area contributed by atoms with Gasteiger partial charge in [0.1, 0.15) is 11.3 Å². The number of benzene rings is 2. The van der Waals surface area contributed by atoms with Gasteiger partial charge in [-0.15, -0.1) is 0 Å². The van der Waals surface area contributed by atoms with Crippen LogP contribution < -0.4 is 4.74 Å². The van der Waals surface area contributed by atoms with Crippen molar-refractivity contribution in [2.75, 3.05) is 7.11 Å². The second-order valence-corrected chi connectivity index (χ2v) is 4.46. The van der Waals surface area contributed by atoms with Crippen molar-refractivity contribution in [3.63, 3.8) is 0 Å². The highest BCUT2D eigenvalue weighted by molar-refractivity contribution is 6.52. The van der Waals surface area contributed by atoms with Gasteiger partial charge in [0.05, 0.1) is 12.7 Å². The van der Waals surface area contributed by atoms with Crippen LogP contribution in [0.2, 0.25) is 0 Å². The number of ketones is 1. The SMILES string of the molecule is COc1cccc2c1C(=O)C(c1ccc(F)c(F)c1)=[N+]2[O-]. The largest absolute Gasteiger partial charge is 0.618 e. The maximum absolute atomic E-state index is 13.3. The Morgan fingerprint density at radius 1 is 1.14 bits per heavy atom. The standard InChI is InChI=1S/C15H9F2NO3/c1-21-12-4-2-3-11-13(12)15(19)14(18(11)20)8-5-6-9(16)10(17)7-8/h2-7H,1H3. The first-order chi connectivity index (χ1) is 10.0. The lowest BCUT2D eigenvalue weighted by Gasteiger charge is -2.03. The highest BCUT2D eigenvalue weighted by Crippen LogP contribution is 2.34. The molecule has 0 amide bonds. The number of fused-ring (bicyclic) bond motifs is 1. The summed E-state index contributed by atoms with van der Waals surface area (Å²) in [5.41, 5.74) is 0.00868. The number of Topliss-reactive ketones (excluding diaryl/α,β-unsaturated/α-hetero) is 1. The second kappa shape index (κ2) is 4.66. The zero-order chi connectivity index (χ0) is 15.1. The summed E-state index contributed by atoms with van der Waals surface area (Å²) >= 11 is 0. The average Bonchev–Trinajstić information content (AvgIpc) is 2.74. The summed E-state index contributed by atoms with van der Waals surface area (Å²) in [6.45, 7) is 0. The van der Waals surface area contributed by atoms with Crippen LogP contribution >= 0.6 is 0 Å². The van der Waals surface area contributed by atoms with Gasteiger partial charge in [0.25, 0.3) is 11.5 Å². The molecular weight excluding hydrogens is 280 g/mol. The van der Waals surface area contributed by atoms with Gasteiger partial charge in [-0.3, -0.25) is 4.79 Å². The maximum atomic E-state index is 13.3. The van der Waals surface area contributed by atoms with Gasteiger partial charge in [-0.1, -0.05) is 6.07 Å². The second-order valence-electron chi connectivity index (χ2n) is 4.46. The van der Waals surface area contributed by atoms with Gasteiger partial charge in [-0.25, -0.2) is 8.78 Å². The zero-order valence-electron chi connectivity index (χ0n) is 10.9. The lowest BCUT2D eigenvalue weighted by Crippen LogP contribution is -2.17. The molecule has 2 aromatic rings. The quantitative estimate of drug-likeness (QED) is 0.631. The van der Waals surface area contributed by atoms with E-state index >= 15 is 0 Å². The molecule has 0 N–H and O–H groups in total. The molecule has 0 saturated carbocycles. The number of hydrogen-bond acceptors (Lipinski definition) is 3. The Labute approximate surface area is 118 Å². The molecule has 2 aromatic carbocycles. The van der Waals surface area contributed by atoms with E-state index in [4.69, 9.17) is 4.74 Å². The number of nitrogens with zero attached hydrogens (tertiary/aromatic N) is 1. The van der Waals surface area contributed by atoms with Gasteiger partial charge in [-0.05, 0) is 24.3 Å². The van der Waals surface area contributed by atoms with Crippen LogP contribution in [-0.4, -0.2) is 23.3 Å². The fraction of sp³-hybridized carbons (Fsp3) is 0.0667. The third-order valence-electron chi connectivity index (χ3n) is 3.28. The van der Waals surface area contributed by atoms with Crippen molar-refractivity contribution >= 4 is 17.2 Å². The summed E-state index contributed by atoms with van der Waals surface area (Å²) in [7, 11) is 1.38. The maximum Gasteiger partial charge on any atom is 0.273 e. The van der Waals surface area contributed by atoms with Gasteiger partial charge in [-0.2, -0.15) is 4.74 Å². The highest BCUT2D eigenvalue weighted by atomic mass is 19.2. The highest BCUT2D eigenvalue weighted by Gasteiger charge is 2.39. The molecule has 0 radical (unpaired) electrons. The van der Waals surface area contributed by atoms with Gasteiger partial charge < -0.3 is 9.94 Å². The van der Waals surface area contributed by atoms with Gasteiger partial charge in [0, 0.05) is 6.07 Å². The normalized spacial score (nSPS) is 13.6. The molecule has 1 aliphatic heterocycles. The predicted octanol–water partition coefficient (Wildman–Crippen LogP) is 2.80. The molecule has 0 bridgehead atoms. The molecule has 0 spiro atoms. The number of carbonyl (C=O) groups excluding carboxylic acids is 1. The van der Waals surface area contributed by atoms with Crippen LogP contribution in [0, 0.1) is 16.8 Å². The number of rotatable bonds is 2. The first-order valence-corrected chi connectivity index (χ1v) is 6.06. The van der Waals surface area contributed by atoms with Gasteiger partial charge in [0.15, 0.2) is 11.6 Å². The van der Waals surface area contributed by atoms with E-state index in [1.165, 1.54) is 19.2 Å². The van der Waals surface area contributed by atoms with E-state index in [-0.39, 0.29) is 28.3 Å².